The van der Waals surface area contributed by atoms with Crippen molar-refractivity contribution in [2.75, 3.05) is 37.8 Å². The third-order valence-electron chi connectivity index (χ3n) is 5.05. The summed E-state index contributed by atoms with van der Waals surface area (Å²) in [7, 11) is 0. The number of rotatable bonds is 8. The van der Waals surface area contributed by atoms with Gasteiger partial charge in [0.2, 0.25) is 0 Å². The molecule has 0 saturated carbocycles. The minimum atomic E-state index is 0.339. The molecule has 0 spiro atoms. The molecule has 4 rings (SSSR count). The minimum absolute atomic E-state index is 0.339. The van der Waals surface area contributed by atoms with Crippen molar-refractivity contribution in [3.05, 3.63) is 65.0 Å². The van der Waals surface area contributed by atoms with E-state index < -0.39 is 0 Å². The van der Waals surface area contributed by atoms with E-state index in [4.69, 9.17) is 13.9 Å². The van der Waals surface area contributed by atoms with Crippen molar-refractivity contribution < 1.29 is 13.9 Å². The summed E-state index contributed by atoms with van der Waals surface area (Å²) in [5, 5.41) is 0. The van der Waals surface area contributed by atoms with Crippen LogP contribution in [0.15, 0.2) is 45.9 Å². The Kier molecular flexibility index (Phi) is 6.89. The first kappa shape index (κ1) is 21.0. The van der Waals surface area contributed by atoms with E-state index in [1.54, 1.807) is 12.4 Å². The molecule has 1 aliphatic rings. The lowest BCUT2D eigenvalue weighted by molar-refractivity contribution is 0.122. The lowest BCUT2D eigenvalue weighted by atomic mass is 10.3. The Hall–Kier alpha value is -3.26. The second-order valence-corrected chi connectivity index (χ2v) is 7.37. The SMILES string of the molecule is Cc1cc(CN=Cc2cc(N3CCOCC3)nc(OCCc3ccccn3)n2)oc1C. The first-order valence-corrected chi connectivity index (χ1v) is 10.5. The average Bonchev–Trinajstić information content (AvgIpc) is 3.12. The zero-order valence-electron chi connectivity index (χ0n) is 18.0. The normalized spacial score (nSPS) is 14.3. The molecule has 162 valence electrons. The van der Waals surface area contributed by atoms with Gasteiger partial charge in [-0.1, -0.05) is 6.07 Å². The number of aromatic nitrogens is 3. The average molecular weight is 422 g/mol. The Balaban J connectivity index is 1.47. The Morgan fingerprint density at radius 3 is 2.77 bits per heavy atom. The summed E-state index contributed by atoms with van der Waals surface area (Å²) in [6.45, 7) is 7.82. The highest BCUT2D eigenvalue weighted by Gasteiger charge is 2.15. The summed E-state index contributed by atoms with van der Waals surface area (Å²) in [6, 6.07) is 10.1. The van der Waals surface area contributed by atoms with E-state index >= 15 is 0 Å². The van der Waals surface area contributed by atoms with Crippen LogP contribution in [0.25, 0.3) is 0 Å². The van der Waals surface area contributed by atoms with Gasteiger partial charge < -0.3 is 18.8 Å². The second kappa shape index (κ2) is 10.2. The van der Waals surface area contributed by atoms with Crippen molar-refractivity contribution in [2.24, 2.45) is 4.99 Å². The highest BCUT2D eigenvalue weighted by molar-refractivity contribution is 5.78. The fourth-order valence-corrected chi connectivity index (χ4v) is 3.27. The highest BCUT2D eigenvalue weighted by Crippen LogP contribution is 2.18. The molecule has 1 fully saturated rings. The van der Waals surface area contributed by atoms with E-state index in [1.807, 2.05) is 44.2 Å². The summed E-state index contributed by atoms with van der Waals surface area (Å²) < 4.78 is 17.0. The molecular formula is C23H27N5O3. The van der Waals surface area contributed by atoms with E-state index in [-0.39, 0.29) is 0 Å². The van der Waals surface area contributed by atoms with Crippen LogP contribution in [0.2, 0.25) is 0 Å². The maximum atomic E-state index is 5.87. The molecule has 0 atom stereocenters. The van der Waals surface area contributed by atoms with Crippen molar-refractivity contribution >= 4 is 12.0 Å². The molecule has 8 nitrogen and oxygen atoms in total. The topological polar surface area (TPSA) is 85.9 Å². The summed E-state index contributed by atoms with van der Waals surface area (Å²) in [5.74, 6) is 2.57. The van der Waals surface area contributed by atoms with Crippen LogP contribution in [0.1, 0.15) is 28.5 Å². The summed E-state index contributed by atoms with van der Waals surface area (Å²) in [4.78, 5) is 20.1. The number of anilines is 1. The predicted octanol–water partition coefficient (Wildman–Crippen LogP) is 3.16. The number of aliphatic imine (C=N–C) groups is 1. The number of nitrogens with zero attached hydrogens (tertiary/aromatic N) is 5. The monoisotopic (exact) mass is 421 g/mol. The van der Waals surface area contributed by atoms with Crippen LogP contribution in [-0.4, -0.2) is 54.1 Å². The lowest BCUT2D eigenvalue weighted by Gasteiger charge is -2.28. The molecule has 1 saturated heterocycles. The minimum Gasteiger partial charge on any atom is -0.464 e. The second-order valence-electron chi connectivity index (χ2n) is 7.37. The lowest BCUT2D eigenvalue weighted by Crippen LogP contribution is -2.37. The smallest absolute Gasteiger partial charge is 0.318 e. The van der Waals surface area contributed by atoms with Crippen molar-refractivity contribution in [1.82, 2.24) is 15.0 Å². The standard InChI is InChI=1S/C23H27N5O3/c1-17-13-21(31-18(17)2)16-24-15-20-14-22(28-8-11-29-12-9-28)27-23(26-20)30-10-6-19-5-3-4-7-25-19/h3-5,7,13-15H,6,8-12,16H2,1-2H3. The number of furan rings is 1. The number of pyridine rings is 1. The summed E-state index contributed by atoms with van der Waals surface area (Å²) in [6.07, 6.45) is 4.21. The molecule has 4 heterocycles. The van der Waals surface area contributed by atoms with Gasteiger partial charge in [0.25, 0.3) is 0 Å². The third kappa shape index (κ3) is 5.88. The maximum absolute atomic E-state index is 5.87. The van der Waals surface area contributed by atoms with Crippen LogP contribution in [0.3, 0.4) is 0 Å². The molecule has 0 N–H and O–H groups in total. The van der Waals surface area contributed by atoms with Crippen molar-refractivity contribution in [1.29, 1.82) is 0 Å². The number of hydrogen-bond donors (Lipinski definition) is 0. The van der Waals surface area contributed by atoms with Gasteiger partial charge in [-0.15, -0.1) is 0 Å². The molecule has 0 unspecified atom stereocenters. The Morgan fingerprint density at radius 2 is 2.03 bits per heavy atom. The van der Waals surface area contributed by atoms with Gasteiger partial charge >= 0.3 is 6.01 Å². The van der Waals surface area contributed by atoms with E-state index in [0.717, 1.165) is 41.7 Å². The van der Waals surface area contributed by atoms with E-state index in [2.05, 4.69) is 24.8 Å². The van der Waals surface area contributed by atoms with Gasteiger partial charge in [0.1, 0.15) is 17.3 Å². The van der Waals surface area contributed by atoms with Gasteiger partial charge in [0.15, 0.2) is 0 Å². The van der Waals surface area contributed by atoms with E-state index in [1.165, 1.54) is 0 Å². The molecule has 0 bridgehead atoms. The first-order chi connectivity index (χ1) is 15.2. The van der Waals surface area contributed by atoms with Crippen LogP contribution in [0.4, 0.5) is 5.82 Å². The largest absolute Gasteiger partial charge is 0.464 e. The quantitative estimate of drug-likeness (QED) is 0.517. The number of hydrogen-bond acceptors (Lipinski definition) is 8. The van der Waals surface area contributed by atoms with Gasteiger partial charge in [-0.2, -0.15) is 9.97 Å². The van der Waals surface area contributed by atoms with Crippen LogP contribution >= 0.6 is 0 Å². The number of ether oxygens (including phenoxy) is 2. The van der Waals surface area contributed by atoms with Crippen molar-refractivity contribution in [3.63, 3.8) is 0 Å². The molecule has 0 radical (unpaired) electrons. The molecule has 0 amide bonds. The maximum Gasteiger partial charge on any atom is 0.318 e. The van der Waals surface area contributed by atoms with Gasteiger partial charge in [-0.3, -0.25) is 9.98 Å². The van der Waals surface area contributed by atoms with Crippen molar-refractivity contribution in [3.8, 4) is 6.01 Å². The summed E-state index contributed by atoms with van der Waals surface area (Å²) in [5.41, 5.74) is 2.80. The molecular weight excluding hydrogens is 394 g/mol. The third-order valence-corrected chi connectivity index (χ3v) is 5.05. The van der Waals surface area contributed by atoms with Crippen molar-refractivity contribution in [2.45, 2.75) is 26.8 Å². The Morgan fingerprint density at radius 1 is 1.16 bits per heavy atom. The molecule has 1 aliphatic heterocycles. The fourth-order valence-electron chi connectivity index (χ4n) is 3.27. The van der Waals surface area contributed by atoms with E-state index in [0.29, 0.717) is 44.5 Å². The predicted molar refractivity (Wildman–Crippen MR) is 118 cm³/mol. The molecule has 3 aromatic rings. The molecule has 3 aromatic heterocycles. The Labute approximate surface area is 182 Å². The first-order valence-electron chi connectivity index (χ1n) is 10.5. The van der Waals surface area contributed by atoms with Gasteiger partial charge in [0.05, 0.1) is 32.1 Å². The fraction of sp³-hybridized carbons (Fsp3) is 0.391. The zero-order valence-corrected chi connectivity index (χ0v) is 18.0. The van der Waals surface area contributed by atoms with Gasteiger partial charge in [-0.25, -0.2) is 0 Å². The Bertz CT molecular complexity index is 994. The van der Waals surface area contributed by atoms with Crippen LogP contribution in [0, 0.1) is 13.8 Å². The zero-order chi connectivity index (χ0) is 21.5. The van der Waals surface area contributed by atoms with Gasteiger partial charge in [0, 0.05) is 43.7 Å². The van der Waals surface area contributed by atoms with Crippen LogP contribution in [-0.2, 0) is 17.7 Å². The highest BCUT2D eigenvalue weighted by atomic mass is 16.5. The van der Waals surface area contributed by atoms with E-state index in [9.17, 15) is 0 Å². The molecule has 8 heteroatoms. The molecule has 0 aromatic carbocycles. The number of aryl methyl sites for hydroxylation is 2. The molecule has 0 aliphatic carbocycles. The number of morpholine rings is 1. The van der Waals surface area contributed by atoms with Crippen LogP contribution < -0.4 is 9.64 Å². The van der Waals surface area contributed by atoms with Gasteiger partial charge in [-0.05, 0) is 37.6 Å². The molecule has 31 heavy (non-hydrogen) atoms. The van der Waals surface area contributed by atoms with Crippen LogP contribution in [0.5, 0.6) is 6.01 Å². The summed E-state index contributed by atoms with van der Waals surface area (Å²) >= 11 is 0.